The average molecular weight is 323 g/mol. The molecule has 0 aliphatic heterocycles. The van der Waals surface area contributed by atoms with Crippen molar-refractivity contribution in [3.63, 3.8) is 0 Å². The van der Waals surface area contributed by atoms with Crippen LogP contribution in [0.5, 0.6) is 0 Å². The molecule has 4 nitrogen and oxygen atoms in total. The van der Waals surface area contributed by atoms with Crippen molar-refractivity contribution in [3.05, 3.63) is 59.3 Å². The van der Waals surface area contributed by atoms with Crippen molar-refractivity contribution < 1.29 is 18.0 Å². The summed E-state index contributed by atoms with van der Waals surface area (Å²) in [4.78, 5) is 16.7. The van der Waals surface area contributed by atoms with E-state index in [1.54, 1.807) is 31.3 Å². The zero-order valence-electron chi connectivity index (χ0n) is 12.7. The minimum Gasteiger partial charge on any atom is -0.355 e. The summed E-state index contributed by atoms with van der Waals surface area (Å²) in [5, 5.41) is 2.51. The number of nitrogens with zero attached hydrogens (tertiary/aromatic N) is 2. The van der Waals surface area contributed by atoms with E-state index in [4.69, 9.17) is 0 Å². The van der Waals surface area contributed by atoms with Gasteiger partial charge < -0.3 is 10.2 Å². The number of anilines is 1. The lowest BCUT2D eigenvalue weighted by Gasteiger charge is -2.22. The summed E-state index contributed by atoms with van der Waals surface area (Å²) >= 11 is 0. The lowest BCUT2D eigenvalue weighted by molar-refractivity contribution is -0.137. The van der Waals surface area contributed by atoms with Crippen molar-refractivity contribution in [1.82, 2.24) is 10.3 Å². The molecule has 1 amide bonds. The Bertz CT molecular complexity index is 684. The zero-order chi connectivity index (χ0) is 17.0. The second kappa shape index (κ2) is 6.68. The van der Waals surface area contributed by atoms with Crippen molar-refractivity contribution in [2.75, 3.05) is 19.0 Å². The molecule has 0 aliphatic carbocycles. The maximum atomic E-state index is 13.0. The Morgan fingerprint density at radius 2 is 1.87 bits per heavy atom. The second-order valence-electron chi connectivity index (χ2n) is 5.00. The molecule has 2 rings (SSSR count). The minimum atomic E-state index is -4.46. The number of aromatic nitrogens is 1. The van der Waals surface area contributed by atoms with Gasteiger partial charge in [-0.2, -0.15) is 13.2 Å². The summed E-state index contributed by atoms with van der Waals surface area (Å²) in [5.41, 5.74) is 0.496. The number of benzene rings is 1. The van der Waals surface area contributed by atoms with Crippen LogP contribution in [0.25, 0.3) is 0 Å². The molecule has 23 heavy (non-hydrogen) atoms. The summed E-state index contributed by atoms with van der Waals surface area (Å²) in [6, 6.07) is 8.94. The highest BCUT2D eigenvalue weighted by Gasteiger charge is 2.35. The van der Waals surface area contributed by atoms with Gasteiger partial charge in [0, 0.05) is 32.4 Å². The van der Waals surface area contributed by atoms with Crippen LogP contribution in [0, 0.1) is 0 Å². The Morgan fingerprint density at radius 1 is 1.22 bits per heavy atom. The summed E-state index contributed by atoms with van der Waals surface area (Å²) in [6.07, 6.45) is -3.13. The molecule has 2 aromatic rings. The van der Waals surface area contributed by atoms with Crippen molar-refractivity contribution in [3.8, 4) is 0 Å². The summed E-state index contributed by atoms with van der Waals surface area (Å²) < 4.78 is 39.1. The number of pyridine rings is 1. The quantitative estimate of drug-likeness (QED) is 0.940. The van der Waals surface area contributed by atoms with Gasteiger partial charge in [0.15, 0.2) is 0 Å². The van der Waals surface area contributed by atoms with E-state index in [0.717, 1.165) is 11.6 Å². The van der Waals surface area contributed by atoms with E-state index in [-0.39, 0.29) is 18.3 Å². The molecular weight excluding hydrogens is 307 g/mol. The molecule has 122 valence electrons. The van der Waals surface area contributed by atoms with Crippen LogP contribution >= 0.6 is 0 Å². The fourth-order valence-corrected chi connectivity index (χ4v) is 2.18. The van der Waals surface area contributed by atoms with E-state index in [1.165, 1.54) is 24.2 Å². The van der Waals surface area contributed by atoms with Gasteiger partial charge in [-0.1, -0.05) is 12.1 Å². The molecule has 0 saturated carbocycles. The Labute approximate surface area is 132 Å². The van der Waals surface area contributed by atoms with Gasteiger partial charge in [-0.05, 0) is 29.8 Å². The molecule has 1 aromatic heterocycles. The second-order valence-corrected chi connectivity index (χ2v) is 5.00. The fourth-order valence-electron chi connectivity index (χ4n) is 2.18. The largest absolute Gasteiger partial charge is 0.419 e. The molecule has 1 aromatic carbocycles. The normalized spacial score (nSPS) is 11.2. The molecule has 0 unspecified atom stereocenters. The standard InChI is InChI=1S/C16H16F3N3O/c1-20-15(23)12-7-5-11(6-8-12)10-22(2)14-13(16(17,18)19)4-3-9-21-14/h3-9H,10H2,1-2H3,(H,20,23). The highest BCUT2D eigenvalue weighted by molar-refractivity contribution is 5.93. The van der Waals surface area contributed by atoms with Gasteiger partial charge in [-0.3, -0.25) is 4.79 Å². The smallest absolute Gasteiger partial charge is 0.355 e. The Kier molecular flexibility index (Phi) is 4.88. The van der Waals surface area contributed by atoms with Crippen LogP contribution in [0.15, 0.2) is 42.6 Å². The molecule has 1 heterocycles. The van der Waals surface area contributed by atoms with E-state index in [0.29, 0.717) is 5.56 Å². The van der Waals surface area contributed by atoms with E-state index in [2.05, 4.69) is 10.3 Å². The van der Waals surface area contributed by atoms with Crippen LogP contribution in [0.2, 0.25) is 0 Å². The maximum absolute atomic E-state index is 13.0. The van der Waals surface area contributed by atoms with Crippen LogP contribution in [0.1, 0.15) is 21.5 Å². The number of nitrogens with one attached hydrogen (secondary N) is 1. The van der Waals surface area contributed by atoms with Crippen molar-refractivity contribution in [2.24, 2.45) is 0 Å². The van der Waals surface area contributed by atoms with Gasteiger partial charge in [0.1, 0.15) is 5.82 Å². The molecule has 0 fully saturated rings. The lowest BCUT2D eigenvalue weighted by Crippen LogP contribution is -2.22. The van der Waals surface area contributed by atoms with Crippen LogP contribution < -0.4 is 10.2 Å². The highest BCUT2D eigenvalue weighted by atomic mass is 19.4. The lowest BCUT2D eigenvalue weighted by atomic mass is 10.1. The van der Waals surface area contributed by atoms with Gasteiger partial charge in [-0.25, -0.2) is 4.98 Å². The Morgan fingerprint density at radius 3 is 2.43 bits per heavy atom. The number of amides is 1. The summed E-state index contributed by atoms with van der Waals surface area (Å²) in [5.74, 6) is -0.343. The van der Waals surface area contributed by atoms with E-state index >= 15 is 0 Å². The summed E-state index contributed by atoms with van der Waals surface area (Å²) in [6.45, 7) is 0.244. The summed E-state index contributed by atoms with van der Waals surface area (Å²) in [7, 11) is 3.08. The van der Waals surface area contributed by atoms with Crippen molar-refractivity contribution in [1.29, 1.82) is 0 Å². The number of rotatable bonds is 4. The fraction of sp³-hybridized carbons (Fsp3) is 0.250. The molecular formula is C16H16F3N3O. The first kappa shape index (κ1) is 16.8. The third kappa shape index (κ3) is 4.00. The zero-order valence-corrected chi connectivity index (χ0v) is 12.7. The van der Waals surface area contributed by atoms with Crippen LogP contribution in [-0.4, -0.2) is 25.0 Å². The predicted octanol–water partition coefficient (Wildman–Crippen LogP) is 3.10. The van der Waals surface area contributed by atoms with Crippen LogP contribution in [0.4, 0.5) is 19.0 Å². The molecule has 7 heteroatoms. The molecule has 0 saturated heterocycles. The third-order valence-electron chi connectivity index (χ3n) is 3.32. The van der Waals surface area contributed by atoms with Crippen LogP contribution in [-0.2, 0) is 12.7 Å². The van der Waals surface area contributed by atoms with Crippen molar-refractivity contribution in [2.45, 2.75) is 12.7 Å². The predicted molar refractivity (Wildman–Crippen MR) is 81.2 cm³/mol. The van der Waals surface area contributed by atoms with Crippen LogP contribution in [0.3, 0.4) is 0 Å². The number of alkyl halides is 3. The SMILES string of the molecule is CNC(=O)c1ccc(CN(C)c2ncccc2C(F)(F)F)cc1. The van der Waals surface area contributed by atoms with Gasteiger partial charge >= 0.3 is 6.18 Å². The Hall–Kier alpha value is -2.57. The Balaban J connectivity index is 2.20. The average Bonchev–Trinajstić information content (AvgIpc) is 2.54. The van der Waals surface area contributed by atoms with E-state index in [1.807, 2.05) is 0 Å². The first-order valence-corrected chi connectivity index (χ1v) is 6.87. The molecule has 0 spiro atoms. The van der Waals surface area contributed by atoms with Gasteiger partial charge in [0.25, 0.3) is 5.91 Å². The minimum absolute atomic E-state index is 0.129. The highest BCUT2D eigenvalue weighted by Crippen LogP contribution is 2.35. The number of hydrogen-bond donors (Lipinski definition) is 1. The first-order chi connectivity index (χ1) is 10.8. The van der Waals surface area contributed by atoms with Gasteiger partial charge in [-0.15, -0.1) is 0 Å². The molecule has 0 atom stereocenters. The first-order valence-electron chi connectivity index (χ1n) is 6.87. The van der Waals surface area contributed by atoms with Gasteiger partial charge in [0.05, 0.1) is 5.56 Å². The number of halogens is 3. The number of carbonyl (C=O) groups is 1. The van der Waals surface area contributed by atoms with E-state index < -0.39 is 11.7 Å². The molecule has 0 bridgehead atoms. The monoisotopic (exact) mass is 323 g/mol. The van der Waals surface area contributed by atoms with Crippen molar-refractivity contribution >= 4 is 11.7 Å². The van der Waals surface area contributed by atoms with Gasteiger partial charge in [0.2, 0.25) is 0 Å². The molecule has 0 aliphatic rings. The topological polar surface area (TPSA) is 45.2 Å². The molecule has 0 radical (unpaired) electrons. The van der Waals surface area contributed by atoms with E-state index in [9.17, 15) is 18.0 Å². The number of carbonyl (C=O) groups excluding carboxylic acids is 1. The molecule has 1 N–H and O–H groups in total. The maximum Gasteiger partial charge on any atom is 0.419 e. The third-order valence-corrected chi connectivity index (χ3v) is 3.32. The number of hydrogen-bond acceptors (Lipinski definition) is 3.